The van der Waals surface area contributed by atoms with Crippen molar-refractivity contribution in [3.05, 3.63) is 40.8 Å². The molecule has 2 heterocycles. The van der Waals surface area contributed by atoms with Gasteiger partial charge in [-0.15, -0.1) is 0 Å². The second-order valence-corrected chi connectivity index (χ2v) is 4.41. The summed E-state index contributed by atoms with van der Waals surface area (Å²) in [6.07, 6.45) is 0. The van der Waals surface area contributed by atoms with Crippen LogP contribution >= 0.6 is 0 Å². The van der Waals surface area contributed by atoms with Crippen molar-refractivity contribution in [1.29, 1.82) is 0 Å². The summed E-state index contributed by atoms with van der Waals surface area (Å²) in [5.41, 5.74) is 6.20. The Kier molecular flexibility index (Phi) is 6.46. The fraction of sp³-hybridized carbons (Fsp3) is 0.471. The summed E-state index contributed by atoms with van der Waals surface area (Å²) in [6.45, 7) is 13.9. The van der Waals surface area contributed by atoms with E-state index in [9.17, 15) is 0 Å². The van der Waals surface area contributed by atoms with E-state index >= 15 is 0 Å². The zero-order valence-corrected chi connectivity index (χ0v) is 13.6. The Labute approximate surface area is 122 Å². The number of nitrogens with zero attached hydrogens (tertiary/aromatic N) is 1. The average molecular weight is 273 g/mol. The molecule has 0 fully saturated rings. The maximum Gasteiger partial charge on any atom is 0.103 e. The number of aromatic nitrogens is 2. The van der Waals surface area contributed by atoms with E-state index in [2.05, 4.69) is 40.4 Å². The van der Waals surface area contributed by atoms with E-state index in [4.69, 9.17) is 0 Å². The molecule has 0 saturated heterocycles. The first kappa shape index (κ1) is 16.4. The summed E-state index contributed by atoms with van der Waals surface area (Å²) >= 11 is 0. The van der Waals surface area contributed by atoms with Crippen LogP contribution in [0.3, 0.4) is 0 Å². The molecule has 0 bridgehead atoms. The van der Waals surface area contributed by atoms with Crippen molar-refractivity contribution in [1.82, 2.24) is 15.3 Å². The average Bonchev–Trinajstić information content (AvgIpc) is 2.76. The summed E-state index contributed by atoms with van der Waals surface area (Å²) < 4.78 is 0. The zero-order chi connectivity index (χ0) is 15.1. The van der Waals surface area contributed by atoms with Crippen LogP contribution in [0.25, 0.3) is 11.3 Å². The van der Waals surface area contributed by atoms with E-state index in [1.165, 1.54) is 22.4 Å². The van der Waals surface area contributed by atoms with Gasteiger partial charge in [-0.05, 0) is 19.4 Å². The summed E-state index contributed by atoms with van der Waals surface area (Å²) in [4.78, 5) is 7.91. The second kappa shape index (κ2) is 7.85. The fourth-order valence-electron chi connectivity index (χ4n) is 2.31. The highest BCUT2D eigenvalue weighted by Crippen LogP contribution is 2.28. The largest absolute Gasteiger partial charge is 0.345 e. The van der Waals surface area contributed by atoms with Crippen molar-refractivity contribution in [2.75, 3.05) is 0 Å². The lowest BCUT2D eigenvalue weighted by Gasteiger charge is -2.05. The highest BCUT2D eigenvalue weighted by Gasteiger charge is 2.17. The highest BCUT2D eigenvalue weighted by molar-refractivity contribution is 5.67. The van der Waals surface area contributed by atoms with Gasteiger partial charge in [0.15, 0.2) is 0 Å². The van der Waals surface area contributed by atoms with Crippen LogP contribution in [0.4, 0.5) is 0 Å². The van der Waals surface area contributed by atoms with Crippen molar-refractivity contribution >= 4 is 0 Å². The Balaban J connectivity index is 0.000000461. The lowest BCUT2D eigenvalue weighted by atomic mass is 10.0. The van der Waals surface area contributed by atoms with Gasteiger partial charge >= 0.3 is 0 Å². The van der Waals surface area contributed by atoms with Gasteiger partial charge in [-0.2, -0.15) is 0 Å². The maximum absolute atomic E-state index is 4.59. The van der Waals surface area contributed by atoms with E-state index in [-0.39, 0.29) is 0 Å². The van der Waals surface area contributed by atoms with E-state index in [1.54, 1.807) is 0 Å². The molecule has 110 valence electrons. The first-order valence-electron chi connectivity index (χ1n) is 7.60. The summed E-state index contributed by atoms with van der Waals surface area (Å²) in [5, 5.41) is 3.43. The topological polar surface area (TPSA) is 40.7 Å². The number of hydrogen-bond acceptors (Lipinski definition) is 2. The predicted octanol–water partition coefficient (Wildman–Crippen LogP) is 4.35. The first-order chi connectivity index (χ1) is 9.74. The van der Waals surface area contributed by atoms with Crippen LogP contribution in [0.1, 0.15) is 50.3 Å². The van der Waals surface area contributed by atoms with Crippen LogP contribution in [-0.4, -0.2) is 9.97 Å². The normalized spacial score (nSPS) is 11.9. The van der Waals surface area contributed by atoms with Crippen molar-refractivity contribution in [2.24, 2.45) is 0 Å². The number of aryl methyl sites for hydroxylation is 2. The number of hydrogen-bond donors (Lipinski definition) is 2. The molecular weight excluding hydrogens is 246 g/mol. The van der Waals surface area contributed by atoms with Crippen molar-refractivity contribution in [3.63, 3.8) is 0 Å². The molecule has 0 atom stereocenters. The predicted molar refractivity (Wildman–Crippen MR) is 86.7 cm³/mol. The molecule has 20 heavy (non-hydrogen) atoms. The number of rotatable bonds is 0. The van der Waals surface area contributed by atoms with Gasteiger partial charge in [0, 0.05) is 18.7 Å². The molecule has 0 unspecified atom stereocenters. The summed E-state index contributed by atoms with van der Waals surface area (Å²) in [5.74, 6) is 0.986. The third-order valence-corrected chi connectivity index (χ3v) is 3.03. The van der Waals surface area contributed by atoms with Crippen molar-refractivity contribution in [3.8, 4) is 11.3 Å². The molecule has 3 heteroatoms. The minimum atomic E-state index is 0.865. The van der Waals surface area contributed by atoms with Crippen molar-refractivity contribution in [2.45, 2.75) is 54.6 Å². The Bertz CT molecular complexity index is 541. The molecule has 1 aliphatic heterocycles. The van der Waals surface area contributed by atoms with Gasteiger partial charge in [-0.25, -0.2) is 4.98 Å². The Hall–Kier alpha value is -1.61. The lowest BCUT2D eigenvalue weighted by Crippen LogP contribution is -2.11. The molecular formula is C17H27N3. The van der Waals surface area contributed by atoms with Gasteiger partial charge < -0.3 is 10.3 Å². The van der Waals surface area contributed by atoms with Crippen LogP contribution in [0.5, 0.6) is 0 Å². The number of imidazole rings is 1. The third-order valence-electron chi connectivity index (χ3n) is 3.03. The molecule has 1 aliphatic rings. The fourth-order valence-corrected chi connectivity index (χ4v) is 2.31. The van der Waals surface area contributed by atoms with Gasteiger partial charge in [0.05, 0.1) is 11.4 Å². The third kappa shape index (κ3) is 3.48. The van der Waals surface area contributed by atoms with Crippen LogP contribution in [0.2, 0.25) is 0 Å². The summed E-state index contributed by atoms with van der Waals surface area (Å²) in [6, 6.07) is 6.57. The number of aromatic amines is 1. The zero-order valence-electron chi connectivity index (χ0n) is 13.6. The van der Waals surface area contributed by atoms with E-state index in [0.717, 1.165) is 24.6 Å². The molecule has 1 aromatic heterocycles. The van der Waals surface area contributed by atoms with Crippen LogP contribution in [-0.2, 0) is 13.1 Å². The van der Waals surface area contributed by atoms with E-state index < -0.39 is 0 Å². The second-order valence-electron chi connectivity index (χ2n) is 4.41. The molecule has 2 N–H and O–H groups in total. The number of H-pyrrole nitrogens is 1. The molecule has 3 rings (SSSR count). The van der Waals surface area contributed by atoms with Gasteiger partial charge in [-0.3, -0.25) is 0 Å². The van der Waals surface area contributed by atoms with Gasteiger partial charge in [0.2, 0.25) is 0 Å². The Morgan fingerprint density at radius 2 is 1.70 bits per heavy atom. The number of nitrogens with one attached hydrogen (secondary N) is 2. The monoisotopic (exact) mass is 273 g/mol. The Morgan fingerprint density at radius 1 is 1.00 bits per heavy atom. The molecule has 2 aromatic rings. The van der Waals surface area contributed by atoms with Crippen molar-refractivity contribution < 1.29 is 0 Å². The van der Waals surface area contributed by atoms with E-state index in [0.29, 0.717) is 0 Å². The molecule has 0 aliphatic carbocycles. The molecule has 3 nitrogen and oxygen atoms in total. The first-order valence-corrected chi connectivity index (χ1v) is 7.60. The minimum absolute atomic E-state index is 0.865. The van der Waals surface area contributed by atoms with Crippen LogP contribution in [0, 0.1) is 13.8 Å². The highest BCUT2D eigenvalue weighted by atomic mass is 15.0. The number of benzene rings is 1. The Morgan fingerprint density at radius 3 is 2.40 bits per heavy atom. The molecule has 0 spiro atoms. The van der Waals surface area contributed by atoms with E-state index in [1.807, 2.05) is 34.6 Å². The smallest absolute Gasteiger partial charge is 0.103 e. The lowest BCUT2D eigenvalue weighted by molar-refractivity contribution is 0.691. The van der Waals surface area contributed by atoms with Gasteiger partial charge in [-0.1, -0.05) is 51.5 Å². The molecule has 0 amide bonds. The standard InChI is InChI=1S/C13H15N3.2C2H6/c1-8-3-4-11-10(5-8)6-14-7-12-13(11)16-9(2)15-12;2*1-2/h3-5,14H,6-7H2,1-2H3,(H,15,16);2*1-2H3. The van der Waals surface area contributed by atoms with Gasteiger partial charge in [0.1, 0.15) is 5.82 Å². The van der Waals surface area contributed by atoms with Crippen LogP contribution < -0.4 is 5.32 Å². The van der Waals surface area contributed by atoms with Gasteiger partial charge in [0.25, 0.3) is 0 Å². The van der Waals surface area contributed by atoms with Crippen LogP contribution in [0.15, 0.2) is 18.2 Å². The summed E-state index contributed by atoms with van der Waals surface area (Å²) in [7, 11) is 0. The quantitative estimate of drug-likeness (QED) is 0.749. The maximum atomic E-state index is 4.59. The SMILES string of the molecule is CC.CC.Cc1ccc2c(c1)CNCc1[nH]c(C)nc1-2. The minimum Gasteiger partial charge on any atom is -0.345 e. The molecule has 0 radical (unpaired) electrons. The number of fused-ring (bicyclic) bond motifs is 3. The molecule has 1 aromatic carbocycles. The molecule has 0 saturated carbocycles.